The van der Waals surface area contributed by atoms with E-state index in [4.69, 9.17) is 10.8 Å². The second-order valence-electron chi connectivity index (χ2n) is 3.99. The molecule has 88 valence electrons. The Morgan fingerprint density at radius 3 is 2.47 bits per heavy atom. The molecule has 4 nitrogen and oxygen atoms in total. The summed E-state index contributed by atoms with van der Waals surface area (Å²) in [6.45, 7) is 0. The molecule has 2 rings (SSSR count). The summed E-state index contributed by atoms with van der Waals surface area (Å²) in [5, 5.41) is 18.7. The lowest BCUT2D eigenvalue weighted by Gasteiger charge is -2.26. The van der Waals surface area contributed by atoms with Gasteiger partial charge in [0.05, 0.1) is 5.70 Å². The molecule has 0 radical (unpaired) electrons. The van der Waals surface area contributed by atoms with Crippen LogP contribution in [0.1, 0.15) is 11.5 Å². The minimum absolute atomic E-state index is 0.0543. The molecule has 1 aromatic rings. The number of hydrogen-bond donors (Lipinski definition) is 3. The molecular formula is C13H13NO3. The van der Waals surface area contributed by atoms with Gasteiger partial charge in [-0.25, -0.2) is 4.79 Å². The molecule has 4 N–H and O–H groups in total. The fourth-order valence-electron chi connectivity index (χ4n) is 1.79. The molecule has 0 fully saturated rings. The number of aliphatic carboxylic acids is 1. The largest absolute Gasteiger partial charge is 0.479 e. The molecule has 2 unspecified atom stereocenters. The Balaban J connectivity index is 2.33. The number of rotatable bonds is 2. The van der Waals surface area contributed by atoms with E-state index in [-0.39, 0.29) is 11.6 Å². The topological polar surface area (TPSA) is 83.5 Å². The summed E-state index contributed by atoms with van der Waals surface area (Å²) in [7, 11) is 0. The monoisotopic (exact) mass is 231 g/mol. The van der Waals surface area contributed by atoms with Crippen molar-refractivity contribution in [3.63, 3.8) is 0 Å². The van der Waals surface area contributed by atoms with E-state index >= 15 is 0 Å². The lowest BCUT2D eigenvalue weighted by atomic mass is 9.86. The molecule has 0 aliphatic heterocycles. The molecule has 0 spiro atoms. The highest BCUT2D eigenvalue weighted by Gasteiger charge is 2.38. The third kappa shape index (κ3) is 1.94. The fourth-order valence-corrected chi connectivity index (χ4v) is 1.79. The molecule has 2 atom stereocenters. The summed E-state index contributed by atoms with van der Waals surface area (Å²) < 4.78 is 0. The van der Waals surface area contributed by atoms with Crippen molar-refractivity contribution in [2.75, 3.05) is 0 Å². The highest BCUT2D eigenvalue weighted by Crippen LogP contribution is 2.29. The summed E-state index contributed by atoms with van der Waals surface area (Å²) in [5.41, 5.74) is 4.49. The Hall–Kier alpha value is -2.07. The number of nitrogens with two attached hydrogens (primary N) is 1. The van der Waals surface area contributed by atoms with Crippen molar-refractivity contribution in [3.05, 3.63) is 59.8 Å². The lowest BCUT2D eigenvalue weighted by molar-refractivity contribution is -0.150. The van der Waals surface area contributed by atoms with E-state index in [2.05, 4.69) is 0 Å². The van der Waals surface area contributed by atoms with Crippen LogP contribution in [0.2, 0.25) is 0 Å². The van der Waals surface area contributed by atoms with Crippen LogP contribution in [0.15, 0.2) is 54.3 Å². The predicted molar refractivity (Wildman–Crippen MR) is 63.2 cm³/mol. The summed E-state index contributed by atoms with van der Waals surface area (Å²) >= 11 is 0. The normalized spacial score (nSPS) is 27.6. The number of carbonyl (C=O) groups is 1. The smallest absolute Gasteiger partial charge is 0.346 e. The zero-order chi connectivity index (χ0) is 12.5. The molecule has 0 aromatic heterocycles. The average Bonchev–Trinajstić information content (AvgIpc) is 2.33. The molecular weight excluding hydrogens is 218 g/mol. The maximum atomic E-state index is 10.9. The zero-order valence-electron chi connectivity index (χ0n) is 9.08. The van der Waals surface area contributed by atoms with E-state index in [0.29, 0.717) is 0 Å². The summed E-state index contributed by atoms with van der Waals surface area (Å²) in [4.78, 5) is 10.9. The molecule has 0 heterocycles. The molecule has 0 bridgehead atoms. The lowest BCUT2D eigenvalue weighted by Crippen LogP contribution is -2.43. The first-order valence-electron chi connectivity index (χ1n) is 5.22. The van der Waals surface area contributed by atoms with Gasteiger partial charge >= 0.3 is 5.97 Å². The van der Waals surface area contributed by atoms with Crippen LogP contribution in [-0.2, 0) is 4.79 Å². The molecule has 0 amide bonds. The average molecular weight is 231 g/mol. The van der Waals surface area contributed by atoms with E-state index in [9.17, 15) is 9.90 Å². The number of hydrogen-bond acceptors (Lipinski definition) is 3. The number of carboxylic acids is 1. The Kier molecular flexibility index (Phi) is 2.73. The quantitative estimate of drug-likeness (QED) is 0.663. The summed E-state index contributed by atoms with van der Waals surface area (Å²) in [6.07, 6.45) is 4.42. The van der Waals surface area contributed by atoms with Gasteiger partial charge in [-0.05, 0) is 11.6 Å². The van der Waals surface area contributed by atoms with Gasteiger partial charge < -0.3 is 15.9 Å². The Labute approximate surface area is 98.7 Å². The van der Waals surface area contributed by atoms with Crippen molar-refractivity contribution in [1.29, 1.82) is 0 Å². The number of benzene rings is 1. The van der Waals surface area contributed by atoms with Gasteiger partial charge in [-0.15, -0.1) is 0 Å². The molecule has 4 heteroatoms. The van der Waals surface area contributed by atoms with Crippen LogP contribution < -0.4 is 5.73 Å². The van der Waals surface area contributed by atoms with Crippen molar-refractivity contribution in [1.82, 2.24) is 0 Å². The van der Waals surface area contributed by atoms with E-state index in [0.717, 1.165) is 5.56 Å². The predicted octanol–water partition coefficient (Wildman–Crippen LogP) is 0.998. The van der Waals surface area contributed by atoms with E-state index in [1.54, 1.807) is 12.2 Å². The highest BCUT2D eigenvalue weighted by atomic mass is 16.4. The second-order valence-corrected chi connectivity index (χ2v) is 3.99. The van der Waals surface area contributed by atoms with Crippen LogP contribution in [0, 0.1) is 0 Å². The SMILES string of the molecule is NC1=CC(c2ccccc2)C=CC1(O)C(=O)O. The van der Waals surface area contributed by atoms with Gasteiger partial charge in [-0.2, -0.15) is 0 Å². The van der Waals surface area contributed by atoms with Crippen molar-refractivity contribution in [2.45, 2.75) is 11.5 Å². The van der Waals surface area contributed by atoms with Gasteiger partial charge in [0.25, 0.3) is 0 Å². The summed E-state index contributed by atoms with van der Waals surface area (Å²) in [5.74, 6) is -1.47. The Bertz CT molecular complexity index is 493. The van der Waals surface area contributed by atoms with E-state index < -0.39 is 11.6 Å². The molecule has 1 aliphatic rings. The van der Waals surface area contributed by atoms with Gasteiger partial charge in [0, 0.05) is 5.92 Å². The van der Waals surface area contributed by atoms with E-state index in [1.165, 1.54) is 6.08 Å². The first-order chi connectivity index (χ1) is 8.04. The third-order valence-corrected chi connectivity index (χ3v) is 2.85. The van der Waals surface area contributed by atoms with Gasteiger partial charge in [0.2, 0.25) is 5.60 Å². The first kappa shape index (κ1) is 11.4. The van der Waals surface area contributed by atoms with Crippen molar-refractivity contribution < 1.29 is 15.0 Å². The van der Waals surface area contributed by atoms with Gasteiger partial charge in [-0.3, -0.25) is 0 Å². The van der Waals surface area contributed by atoms with Crippen LogP contribution in [0.5, 0.6) is 0 Å². The molecule has 1 aromatic carbocycles. The van der Waals surface area contributed by atoms with Crippen molar-refractivity contribution in [2.24, 2.45) is 5.73 Å². The third-order valence-electron chi connectivity index (χ3n) is 2.85. The minimum Gasteiger partial charge on any atom is -0.479 e. The highest BCUT2D eigenvalue weighted by molar-refractivity contribution is 5.84. The van der Waals surface area contributed by atoms with Crippen LogP contribution in [0.3, 0.4) is 0 Å². The molecule has 0 saturated carbocycles. The van der Waals surface area contributed by atoms with Gasteiger partial charge in [-0.1, -0.05) is 42.5 Å². The van der Waals surface area contributed by atoms with Gasteiger partial charge in [0.1, 0.15) is 0 Å². The van der Waals surface area contributed by atoms with E-state index in [1.807, 2.05) is 30.3 Å². The van der Waals surface area contributed by atoms with Crippen LogP contribution in [-0.4, -0.2) is 21.8 Å². The van der Waals surface area contributed by atoms with Crippen LogP contribution in [0.4, 0.5) is 0 Å². The van der Waals surface area contributed by atoms with Gasteiger partial charge in [0.15, 0.2) is 0 Å². The second kappa shape index (κ2) is 4.07. The number of carboxylic acid groups (broad SMARTS) is 1. The Morgan fingerprint density at radius 1 is 1.29 bits per heavy atom. The Morgan fingerprint density at radius 2 is 1.94 bits per heavy atom. The number of aliphatic hydroxyl groups is 1. The maximum Gasteiger partial charge on any atom is 0.346 e. The first-order valence-corrected chi connectivity index (χ1v) is 5.22. The van der Waals surface area contributed by atoms with Crippen LogP contribution >= 0.6 is 0 Å². The molecule has 17 heavy (non-hydrogen) atoms. The minimum atomic E-state index is -2.08. The van der Waals surface area contributed by atoms with Crippen molar-refractivity contribution in [3.8, 4) is 0 Å². The zero-order valence-corrected chi connectivity index (χ0v) is 9.08. The number of allylic oxidation sites excluding steroid dienone is 2. The molecule has 0 saturated heterocycles. The van der Waals surface area contributed by atoms with Crippen molar-refractivity contribution >= 4 is 5.97 Å². The summed E-state index contributed by atoms with van der Waals surface area (Å²) in [6, 6.07) is 9.53. The standard InChI is InChI=1S/C13H13NO3/c14-11-8-10(9-4-2-1-3-5-9)6-7-13(11,17)12(15)16/h1-8,10,17H,14H2,(H,15,16). The van der Waals surface area contributed by atoms with Crippen LogP contribution in [0.25, 0.3) is 0 Å². The molecule has 1 aliphatic carbocycles. The fraction of sp³-hybridized carbons (Fsp3) is 0.154. The maximum absolute atomic E-state index is 10.9.